The molecule has 4 N–H and O–H groups in total. The van der Waals surface area contributed by atoms with Crippen LogP contribution in [0.1, 0.15) is 33.1 Å². The highest BCUT2D eigenvalue weighted by Gasteiger charge is 2.32. The number of aliphatic hydroxyl groups is 1. The van der Waals surface area contributed by atoms with Crippen LogP contribution in [0, 0.1) is 5.41 Å². The molecule has 0 unspecified atom stereocenters. The van der Waals surface area contributed by atoms with Gasteiger partial charge in [0.15, 0.2) is 0 Å². The van der Waals surface area contributed by atoms with Crippen molar-refractivity contribution in [3.05, 3.63) is 0 Å². The fourth-order valence-electron chi connectivity index (χ4n) is 1.65. The first-order valence-corrected chi connectivity index (χ1v) is 7.49. The molecule has 102 valence electrons. The van der Waals surface area contributed by atoms with Gasteiger partial charge in [-0.05, 0) is 25.0 Å². The van der Waals surface area contributed by atoms with E-state index < -0.39 is 5.41 Å². The Morgan fingerprint density at radius 2 is 2.00 bits per heavy atom. The molecular formula is C12H26N2O2S. The Hall–Kier alpha value is -0.260. The van der Waals surface area contributed by atoms with Crippen molar-refractivity contribution in [2.45, 2.75) is 33.1 Å². The predicted molar refractivity (Wildman–Crippen MR) is 74.1 cm³/mol. The fraction of sp³-hybridized carbons (Fsp3) is 0.917. The minimum atomic E-state index is -0.393. The highest BCUT2D eigenvalue weighted by atomic mass is 32.2. The average Bonchev–Trinajstić information content (AvgIpc) is 2.36. The summed E-state index contributed by atoms with van der Waals surface area (Å²) in [7, 11) is 0. The van der Waals surface area contributed by atoms with Gasteiger partial charge < -0.3 is 16.2 Å². The third-order valence-corrected chi connectivity index (χ3v) is 4.27. The van der Waals surface area contributed by atoms with Gasteiger partial charge in [0.25, 0.3) is 0 Å². The smallest absolute Gasteiger partial charge is 0.227 e. The monoisotopic (exact) mass is 262 g/mol. The van der Waals surface area contributed by atoms with Crippen LogP contribution in [-0.2, 0) is 4.79 Å². The Morgan fingerprint density at radius 3 is 2.47 bits per heavy atom. The molecule has 0 fully saturated rings. The zero-order valence-corrected chi connectivity index (χ0v) is 11.8. The van der Waals surface area contributed by atoms with Crippen LogP contribution in [0.4, 0.5) is 0 Å². The average molecular weight is 262 g/mol. The fourth-order valence-corrected chi connectivity index (χ4v) is 2.43. The van der Waals surface area contributed by atoms with Crippen LogP contribution < -0.4 is 11.1 Å². The lowest BCUT2D eigenvalue weighted by Gasteiger charge is -2.28. The van der Waals surface area contributed by atoms with E-state index in [0.29, 0.717) is 13.1 Å². The van der Waals surface area contributed by atoms with E-state index in [1.54, 1.807) is 11.8 Å². The first-order chi connectivity index (χ1) is 8.16. The van der Waals surface area contributed by atoms with E-state index in [0.717, 1.165) is 30.8 Å². The van der Waals surface area contributed by atoms with Gasteiger partial charge in [0.2, 0.25) is 5.91 Å². The maximum absolute atomic E-state index is 12.0. The van der Waals surface area contributed by atoms with Crippen LogP contribution in [0.15, 0.2) is 0 Å². The van der Waals surface area contributed by atoms with Gasteiger partial charge in [0.05, 0.1) is 5.41 Å². The molecule has 1 amide bonds. The number of amides is 1. The maximum atomic E-state index is 12.0. The summed E-state index contributed by atoms with van der Waals surface area (Å²) < 4.78 is 0. The van der Waals surface area contributed by atoms with E-state index in [1.807, 2.05) is 13.8 Å². The third-order valence-electron chi connectivity index (χ3n) is 3.20. The summed E-state index contributed by atoms with van der Waals surface area (Å²) in [6, 6.07) is 0. The molecule has 0 rings (SSSR count). The van der Waals surface area contributed by atoms with Crippen molar-refractivity contribution < 1.29 is 9.90 Å². The van der Waals surface area contributed by atoms with E-state index >= 15 is 0 Å². The number of hydrogen-bond acceptors (Lipinski definition) is 4. The molecule has 0 radical (unpaired) electrons. The largest absolute Gasteiger partial charge is 0.396 e. The maximum Gasteiger partial charge on any atom is 0.227 e. The molecule has 0 aromatic rings. The standard InChI is InChI=1S/C12H26N2O2S/c1-3-12(4-2,10-13)11(16)14-6-9-17-8-5-7-15/h15H,3-10,13H2,1-2H3,(H,14,16). The zero-order chi connectivity index (χ0) is 13.1. The van der Waals surface area contributed by atoms with E-state index in [1.165, 1.54) is 0 Å². The Labute approximate surface area is 109 Å². The summed E-state index contributed by atoms with van der Waals surface area (Å²) in [5.74, 6) is 1.91. The van der Waals surface area contributed by atoms with Crippen LogP contribution in [0.2, 0.25) is 0 Å². The van der Waals surface area contributed by atoms with Crippen LogP contribution >= 0.6 is 11.8 Å². The number of nitrogens with two attached hydrogens (primary N) is 1. The molecular weight excluding hydrogens is 236 g/mol. The van der Waals surface area contributed by atoms with Gasteiger partial charge in [-0.3, -0.25) is 4.79 Å². The van der Waals surface area contributed by atoms with Crippen molar-refractivity contribution in [1.29, 1.82) is 0 Å². The Bertz CT molecular complexity index is 200. The second-order valence-corrected chi connectivity index (χ2v) is 5.36. The minimum absolute atomic E-state index is 0.0766. The SMILES string of the molecule is CCC(CC)(CN)C(=O)NCCSCCCO. The Kier molecular flexibility index (Phi) is 9.59. The third kappa shape index (κ3) is 5.75. The van der Waals surface area contributed by atoms with Crippen molar-refractivity contribution in [2.75, 3.05) is 31.2 Å². The lowest BCUT2D eigenvalue weighted by atomic mass is 9.81. The number of carbonyl (C=O) groups excluding carboxylic acids is 1. The van der Waals surface area contributed by atoms with E-state index in [9.17, 15) is 4.79 Å². The number of nitrogens with one attached hydrogen (secondary N) is 1. The lowest BCUT2D eigenvalue weighted by Crippen LogP contribution is -2.45. The van der Waals surface area contributed by atoms with E-state index in [-0.39, 0.29) is 12.5 Å². The number of aliphatic hydroxyl groups excluding tert-OH is 1. The molecule has 0 aliphatic carbocycles. The number of rotatable bonds is 10. The van der Waals surface area contributed by atoms with Crippen molar-refractivity contribution in [3.63, 3.8) is 0 Å². The summed E-state index contributed by atoms with van der Waals surface area (Å²) in [6.45, 7) is 5.33. The topological polar surface area (TPSA) is 75.4 Å². The second kappa shape index (κ2) is 9.74. The van der Waals surface area contributed by atoms with E-state index in [4.69, 9.17) is 10.8 Å². The molecule has 0 saturated carbocycles. The molecule has 17 heavy (non-hydrogen) atoms. The normalized spacial score (nSPS) is 11.5. The molecule has 4 nitrogen and oxygen atoms in total. The van der Waals surface area contributed by atoms with Gasteiger partial charge in [-0.2, -0.15) is 11.8 Å². The van der Waals surface area contributed by atoms with Crippen molar-refractivity contribution in [1.82, 2.24) is 5.32 Å². The van der Waals surface area contributed by atoms with Gasteiger partial charge in [0, 0.05) is 25.4 Å². The molecule has 0 saturated heterocycles. The highest BCUT2D eigenvalue weighted by molar-refractivity contribution is 7.99. The first kappa shape index (κ1) is 16.7. The quantitative estimate of drug-likeness (QED) is 0.513. The second-order valence-electron chi connectivity index (χ2n) is 4.14. The van der Waals surface area contributed by atoms with Crippen molar-refractivity contribution >= 4 is 17.7 Å². The number of carbonyl (C=O) groups is 1. The van der Waals surface area contributed by atoms with Gasteiger partial charge in [-0.25, -0.2) is 0 Å². The van der Waals surface area contributed by atoms with Gasteiger partial charge in [-0.15, -0.1) is 0 Å². The number of thioether (sulfide) groups is 1. The molecule has 0 bridgehead atoms. The molecule has 0 spiro atoms. The first-order valence-electron chi connectivity index (χ1n) is 6.33. The van der Waals surface area contributed by atoms with Gasteiger partial charge in [-0.1, -0.05) is 13.8 Å². The zero-order valence-electron chi connectivity index (χ0n) is 11.0. The summed E-state index contributed by atoms with van der Waals surface area (Å²) in [5, 5.41) is 11.6. The number of hydrogen-bond donors (Lipinski definition) is 3. The molecule has 0 atom stereocenters. The molecule has 0 aliphatic rings. The molecule has 0 aromatic carbocycles. The van der Waals surface area contributed by atoms with Gasteiger partial charge >= 0.3 is 0 Å². The summed E-state index contributed by atoms with van der Waals surface area (Å²) in [5.41, 5.74) is 5.31. The Balaban J connectivity index is 3.83. The summed E-state index contributed by atoms with van der Waals surface area (Å²) in [6.07, 6.45) is 2.38. The van der Waals surface area contributed by atoms with E-state index in [2.05, 4.69) is 5.32 Å². The Morgan fingerprint density at radius 1 is 1.35 bits per heavy atom. The predicted octanol–water partition coefficient (Wildman–Crippen LogP) is 0.983. The van der Waals surface area contributed by atoms with Crippen LogP contribution in [-0.4, -0.2) is 42.2 Å². The summed E-state index contributed by atoms with van der Waals surface area (Å²) >= 11 is 1.75. The lowest BCUT2D eigenvalue weighted by molar-refractivity contribution is -0.130. The van der Waals surface area contributed by atoms with Crippen molar-refractivity contribution in [3.8, 4) is 0 Å². The summed E-state index contributed by atoms with van der Waals surface area (Å²) in [4.78, 5) is 12.0. The van der Waals surface area contributed by atoms with Crippen molar-refractivity contribution in [2.24, 2.45) is 11.1 Å². The van der Waals surface area contributed by atoms with Gasteiger partial charge in [0.1, 0.15) is 0 Å². The molecule has 5 heteroatoms. The van der Waals surface area contributed by atoms with Crippen LogP contribution in [0.3, 0.4) is 0 Å². The molecule has 0 aromatic heterocycles. The molecule has 0 heterocycles. The highest BCUT2D eigenvalue weighted by Crippen LogP contribution is 2.24. The molecule has 0 aliphatic heterocycles. The minimum Gasteiger partial charge on any atom is -0.396 e. The van der Waals surface area contributed by atoms with Crippen LogP contribution in [0.5, 0.6) is 0 Å². The van der Waals surface area contributed by atoms with Crippen LogP contribution in [0.25, 0.3) is 0 Å².